The van der Waals surface area contributed by atoms with Gasteiger partial charge in [0.2, 0.25) is 0 Å². The fraction of sp³-hybridized carbons (Fsp3) is 0. The third-order valence-corrected chi connectivity index (χ3v) is 4.23. The van der Waals surface area contributed by atoms with Gasteiger partial charge in [-0.1, -0.05) is 54.6 Å². The lowest BCUT2D eigenvalue weighted by atomic mass is 9.81. The molecule has 4 rings (SSSR count). The third-order valence-electron chi connectivity index (χ3n) is 4.23. The second-order valence-corrected chi connectivity index (χ2v) is 5.75. The van der Waals surface area contributed by atoms with Gasteiger partial charge in [-0.15, -0.1) is 0 Å². The summed E-state index contributed by atoms with van der Waals surface area (Å²) in [5.74, 6) is -0.952. The van der Waals surface area contributed by atoms with Crippen LogP contribution in [0.25, 0.3) is 0 Å². The van der Waals surface area contributed by atoms with Crippen molar-refractivity contribution in [3.63, 3.8) is 0 Å². The molecule has 1 aliphatic carbocycles. The summed E-state index contributed by atoms with van der Waals surface area (Å²) in [4.78, 5) is 38.3. The first-order valence-electron chi connectivity index (χ1n) is 7.84. The van der Waals surface area contributed by atoms with Crippen molar-refractivity contribution in [2.24, 2.45) is 0 Å². The summed E-state index contributed by atoms with van der Waals surface area (Å²) in [7, 11) is 0. The number of carbonyl (C=O) groups is 3. The Morgan fingerprint density at radius 3 is 1.96 bits per heavy atom. The zero-order chi connectivity index (χ0) is 17.4. The standard InChI is InChI=1S/C21H13NO3/c23-19-14-9-4-5-10-15(14)20(24)18-16(19)11-6-12-17(18)21(25)22-13-7-2-1-3-8-13/h1-12H,(H,22,25). The number of ketones is 2. The Kier molecular flexibility index (Phi) is 3.51. The highest BCUT2D eigenvalue weighted by Crippen LogP contribution is 2.29. The Balaban J connectivity index is 1.81. The molecule has 4 heteroatoms. The van der Waals surface area contributed by atoms with Crippen LogP contribution in [0.2, 0.25) is 0 Å². The Labute approximate surface area is 144 Å². The maximum atomic E-state index is 12.9. The second kappa shape index (κ2) is 5.83. The molecule has 0 aliphatic heterocycles. The first kappa shape index (κ1) is 15.0. The van der Waals surface area contributed by atoms with E-state index < -0.39 is 5.91 Å². The van der Waals surface area contributed by atoms with E-state index in [1.807, 2.05) is 6.07 Å². The topological polar surface area (TPSA) is 63.2 Å². The second-order valence-electron chi connectivity index (χ2n) is 5.75. The van der Waals surface area contributed by atoms with Gasteiger partial charge < -0.3 is 5.32 Å². The number of benzene rings is 3. The molecule has 0 aromatic heterocycles. The van der Waals surface area contributed by atoms with E-state index >= 15 is 0 Å². The number of fused-ring (bicyclic) bond motifs is 2. The molecule has 1 aliphatic rings. The van der Waals surface area contributed by atoms with Gasteiger partial charge in [0.1, 0.15) is 0 Å². The number of hydrogen-bond donors (Lipinski definition) is 1. The zero-order valence-electron chi connectivity index (χ0n) is 13.2. The first-order chi connectivity index (χ1) is 12.2. The van der Waals surface area contributed by atoms with Gasteiger partial charge in [0.15, 0.2) is 11.6 Å². The van der Waals surface area contributed by atoms with Crippen LogP contribution in [0.1, 0.15) is 42.2 Å². The van der Waals surface area contributed by atoms with Gasteiger partial charge in [-0.25, -0.2) is 0 Å². The van der Waals surface area contributed by atoms with E-state index in [1.54, 1.807) is 66.7 Å². The van der Waals surface area contributed by atoms with Crippen LogP contribution in [0.4, 0.5) is 5.69 Å². The fourth-order valence-electron chi connectivity index (χ4n) is 3.05. The van der Waals surface area contributed by atoms with Gasteiger partial charge in [-0.2, -0.15) is 0 Å². The number of para-hydroxylation sites is 1. The van der Waals surface area contributed by atoms with Crippen molar-refractivity contribution in [2.45, 2.75) is 0 Å². The SMILES string of the molecule is O=C(Nc1ccccc1)c1cccc2c1C(=O)c1ccccc1C2=O. The van der Waals surface area contributed by atoms with Crippen molar-refractivity contribution in [1.29, 1.82) is 0 Å². The molecule has 25 heavy (non-hydrogen) atoms. The van der Waals surface area contributed by atoms with Gasteiger partial charge in [-0.05, 0) is 18.2 Å². The van der Waals surface area contributed by atoms with Gasteiger partial charge in [0, 0.05) is 27.9 Å². The number of nitrogens with one attached hydrogen (secondary N) is 1. The molecular weight excluding hydrogens is 314 g/mol. The molecule has 1 amide bonds. The maximum Gasteiger partial charge on any atom is 0.256 e. The normalized spacial score (nSPS) is 12.3. The van der Waals surface area contributed by atoms with E-state index in [9.17, 15) is 14.4 Å². The minimum Gasteiger partial charge on any atom is -0.322 e. The highest BCUT2D eigenvalue weighted by molar-refractivity contribution is 6.31. The first-order valence-corrected chi connectivity index (χ1v) is 7.84. The summed E-state index contributed by atoms with van der Waals surface area (Å²) in [6, 6.07) is 20.4. The van der Waals surface area contributed by atoms with Crippen LogP contribution in [-0.4, -0.2) is 17.5 Å². The predicted octanol–water partition coefficient (Wildman–Crippen LogP) is 3.71. The monoisotopic (exact) mass is 327 g/mol. The molecule has 0 saturated carbocycles. The van der Waals surface area contributed by atoms with Crippen LogP contribution in [0, 0.1) is 0 Å². The van der Waals surface area contributed by atoms with Crippen molar-refractivity contribution in [3.05, 3.63) is 101 Å². The highest BCUT2D eigenvalue weighted by atomic mass is 16.2. The Morgan fingerprint density at radius 2 is 1.24 bits per heavy atom. The molecule has 3 aromatic carbocycles. The van der Waals surface area contributed by atoms with E-state index in [0.29, 0.717) is 16.8 Å². The summed E-state index contributed by atoms with van der Waals surface area (Å²) in [6.07, 6.45) is 0. The molecular formula is C21H13NO3. The summed E-state index contributed by atoms with van der Waals surface area (Å²) in [6.45, 7) is 0. The summed E-state index contributed by atoms with van der Waals surface area (Å²) < 4.78 is 0. The van der Waals surface area contributed by atoms with Gasteiger partial charge in [-0.3, -0.25) is 14.4 Å². The van der Waals surface area contributed by atoms with Crippen molar-refractivity contribution < 1.29 is 14.4 Å². The summed E-state index contributed by atoms with van der Waals surface area (Å²) in [5, 5.41) is 2.77. The number of anilines is 1. The van der Waals surface area contributed by atoms with Crippen molar-refractivity contribution >= 4 is 23.2 Å². The molecule has 0 unspecified atom stereocenters. The molecule has 0 fully saturated rings. The quantitative estimate of drug-likeness (QED) is 0.610. The highest BCUT2D eigenvalue weighted by Gasteiger charge is 2.32. The van der Waals surface area contributed by atoms with Crippen molar-refractivity contribution in [1.82, 2.24) is 0 Å². The largest absolute Gasteiger partial charge is 0.322 e. The average Bonchev–Trinajstić information content (AvgIpc) is 2.66. The molecule has 1 N–H and O–H groups in total. The number of hydrogen-bond acceptors (Lipinski definition) is 3. The van der Waals surface area contributed by atoms with E-state index in [-0.39, 0.29) is 28.3 Å². The van der Waals surface area contributed by atoms with E-state index in [4.69, 9.17) is 0 Å². The molecule has 0 spiro atoms. The van der Waals surface area contributed by atoms with Gasteiger partial charge >= 0.3 is 0 Å². The Morgan fingerprint density at radius 1 is 0.640 bits per heavy atom. The van der Waals surface area contributed by atoms with Crippen LogP contribution >= 0.6 is 0 Å². The molecule has 0 radical (unpaired) electrons. The molecule has 0 bridgehead atoms. The Hall–Kier alpha value is -3.53. The number of rotatable bonds is 2. The van der Waals surface area contributed by atoms with Gasteiger partial charge in [0.05, 0.1) is 5.56 Å². The molecule has 3 aromatic rings. The van der Waals surface area contributed by atoms with Crippen LogP contribution in [0.5, 0.6) is 0 Å². The van der Waals surface area contributed by atoms with E-state index in [2.05, 4.69) is 5.32 Å². The third kappa shape index (κ3) is 2.44. The summed E-state index contributed by atoms with van der Waals surface area (Å²) in [5.41, 5.74) is 1.97. The molecule has 0 saturated heterocycles. The average molecular weight is 327 g/mol. The lowest BCUT2D eigenvalue weighted by molar-refractivity contribution is 0.0969. The minimum atomic E-state index is -0.413. The molecule has 0 atom stereocenters. The lowest BCUT2D eigenvalue weighted by Crippen LogP contribution is -2.25. The maximum absolute atomic E-state index is 12.9. The van der Waals surface area contributed by atoms with Crippen molar-refractivity contribution in [2.75, 3.05) is 5.32 Å². The molecule has 0 heterocycles. The van der Waals surface area contributed by atoms with Crippen molar-refractivity contribution in [3.8, 4) is 0 Å². The fourth-order valence-corrected chi connectivity index (χ4v) is 3.05. The number of amides is 1. The lowest BCUT2D eigenvalue weighted by Gasteiger charge is -2.19. The molecule has 120 valence electrons. The Bertz CT molecular complexity index is 1020. The van der Waals surface area contributed by atoms with Crippen LogP contribution in [-0.2, 0) is 0 Å². The number of carbonyl (C=O) groups excluding carboxylic acids is 3. The predicted molar refractivity (Wildman–Crippen MR) is 94.1 cm³/mol. The van der Waals surface area contributed by atoms with Crippen LogP contribution < -0.4 is 5.32 Å². The van der Waals surface area contributed by atoms with Gasteiger partial charge in [0.25, 0.3) is 5.91 Å². The zero-order valence-corrected chi connectivity index (χ0v) is 13.2. The van der Waals surface area contributed by atoms with Crippen LogP contribution in [0.3, 0.4) is 0 Å². The van der Waals surface area contributed by atoms with E-state index in [0.717, 1.165) is 0 Å². The summed E-state index contributed by atoms with van der Waals surface area (Å²) >= 11 is 0. The van der Waals surface area contributed by atoms with E-state index in [1.165, 1.54) is 0 Å². The van der Waals surface area contributed by atoms with Crippen LogP contribution in [0.15, 0.2) is 72.8 Å². The molecule has 4 nitrogen and oxygen atoms in total. The minimum absolute atomic E-state index is 0.166. The smallest absolute Gasteiger partial charge is 0.256 e.